The van der Waals surface area contributed by atoms with Crippen LogP contribution in [0.25, 0.3) is 0 Å². The van der Waals surface area contributed by atoms with Crippen LogP contribution in [0.2, 0.25) is 0 Å². The van der Waals surface area contributed by atoms with Gasteiger partial charge in [0.15, 0.2) is 0 Å². The van der Waals surface area contributed by atoms with Crippen molar-refractivity contribution in [2.75, 3.05) is 0 Å². The first kappa shape index (κ1) is 11.8. The second-order valence-electron chi connectivity index (χ2n) is 4.48. The van der Waals surface area contributed by atoms with Gasteiger partial charge < -0.3 is 14.9 Å². The first-order valence-electron chi connectivity index (χ1n) is 6.15. The number of hydrogen-bond donors (Lipinski definition) is 2. The monoisotopic (exact) mass is 254 g/mol. The van der Waals surface area contributed by atoms with Gasteiger partial charge in [-0.1, -0.05) is 48.6 Å². The van der Waals surface area contributed by atoms with E-state index >= 15 is 0 Å². The summed E-state index contributed by atoms with van der Waals surface area (Å²) in [4.78, 5) is 0. The van der Waals surface area contributed by atoms with Crippen LogP contribution in [0, 0.1) is 0 Å². The van der Waals surface area contributed by atoms with Crippen molar-refractivity contribution in [3.8, 4) is 11.5 Å². The van der Waals surface area contributed by atoms with Crippen LogP contribution in [-0.4, -0.2) is 10.2 Å². The molecular formula is C16H14O3. The molecule has 2 unspecified atom stereocenters. The predicted octanol–water partition coefficient (Wildman–Crippen LogP) is 3.47. The summed E-state index contributed by atoms with van der Waals surface area (Å²) in [7, 11) is 0. The van der Waals surface area contributed by atoms with Crippen LogP contribution >= 0.6 is 0 Å². The third-order valence-corrected chi connectivity index (χ3v) is 3.24. The Kier molecular flexibility index (Phi) is 2.97. The van der Waals surface area contributed by atoms with Gasteiger partial charge in [-0.3, -0.25) is 0 Å². The highest BCUT2D eigenvalue weighted by atomic mass is 16.5. The van der Waals surface area contributed by atoms with Crippen molar-refractivity contribution in [1.29, 1.82) is 0 Å². The summed E-state index contributed by atoms with van der Waals surface area (Å²) in [5.41, 5.74) is 1.47. The first-order chi connectivity index (χ1) is 9.25. The second-order valence-corrected chi connectivity index (χ2v) is 4.48. The van der Waals surface area contributed by atoms with Gasteiger partial charge in [-0.25, -0.2) is 0 Å². The van der Waals surface area contributed by atoms with Crippen LogP contribution in [0.4, 0.5) is 0 Å². The first-order valence-corrected chi connectivity index (χ1v) is 6.15. The highest BCUT2D eigenvalue weighted by molar-refractivity contribution is 5.40. The fraction of sp³-hybridized carbons (Fsp3) is 0.125. The minimum atomic E-state index is -0.286. The van der Waals surface area contributed by atoms with Crippen LogP contribution in [0.3, 0.4) is 0 Å². The van der Waals surface area contributed by atoms with Gasteiger partial charge in [-0.2, -0.15) is 0 Å². The maximum atomic E-state index is 9.82. The molecule has 2 atom stereocenters. The molecule has 1 heterocycles. The predicted molar refractivity (Wildman–Crippen MR) is 71.9 cm³/mol. The van der Waals surface area contributed by atoms with Gasteiger partial charge in [0, 0.05) is 11.1 Å². The number of hydrogen-bond acceptors (Lipinski definition) is 3. The van der Waals surface area contributed by atoms with Gasteiger partial charge in [0.25, 0.3) is 0 Å². The molecule has 0 amide bonds. The molecular weight excluding hydrogens is 240 g/mol. The van der Waals surface area contributed by atoms with Gasteiger partial charge in [0.1, 0.15) is 23.7 Å². The third kappa shape index (κ3) is 2.20. The van der Waals surface area contributed by atoms with E-state index in [1.54, 1.807) is 24.3 Å². The number of benzene rings is 2. The highest BCUT2D eigenvalue weighted by Gasteiger charge is 2.25. The Morgan fingerprint density at radius 1 is 0.684 bits per heavy atom. The number of para-hydroxylation sites is 2. The van der Waals surface area contributed by atoms with Gasteiger partial charge in [0.05, 0.1) is 0 Å². The zero-order valence-electron chi connectivity index (χ0n) is 10.2. The molecule has 3 nitrogen and oxygen atoms in total. The lowest BCUT2D eigenvalue weighted by molar-refractivity contribution is 0.0576. The molecule has 1 aliphatic heterocycles. The van der Waals surface area contributed by atoms with E-state index < -0.39 is 0 Å². The summed E-state index contributed by atoms with van der Waals surface area (Å²) in [5.74, 6) is 0.435. The van der Waals surface area contributed by atoms with E-state index in [1.165, 1.54) is 0 Å². The number of phenols is 2. The normalized spacial score (nSPS) is 21.7. The average molecular weight is 254 g/mol. The zero-order chi connectivity index (χ0) is 13.2. The van der Waals surface area contributed by atoms with Gasteiger partial charge in [-0.15, -0.1) is 0 Å². The molecule has 0 saturated heterocycles. The lowest BCUT2D eigenvalue weighted by Crippen LogP contribution is -2.01. The molecule has 0 spiro atoms. The van der Waals surface area contributed by atoms with Crippen molar-refractivity contribution >= 4 is 0 Å². The Morgan fingerprint density at radius 3 is 1.53 bits per heavy atom. The van der Waals surface area contributed by atoms with Crippen LogP contribution in [0.1, 0.15) is 23.3 Å². The molecule has 0 saturated carbocycles. The van der Waals surface area contributed by atoms with E-state index in [4.69, 9.17) is 4.74 Å². The lowest BCUT2D eigenvalue weighted by Gasteiger charge is -2.16. The fourth-order valence-corrected chi connectivity index (χ4v) is 2.26. The van der Waals surface area contributed by atoms with Crippen LogP contribution in [0.5, 0.6) is 11.5 Å². The quantitative estimate of drug-likeness (QED) is 0.807. The number of phenolic OH excluding ortho intramolecular Hbond substituents is 2. The molecule has 2 aromatic rings. The van der Waals surface area contributed by atoms with Crippen LogP contribution in [-0.2, 0) is 4.74 Å². The Balaban J connectivity index is 1.84. The molecule has 96 valence electrons. The summed E-state index contributed by atoms with van der Waals surface area (Å²) < 4.78 is 5.86. The molecule has 2 N–H and O–H groups in total. The molecule has 0 radical (unpaired) electrons. The van der Waals surface area contributed by atoms with Crippen molar-refractivity contribution < 1.29 is 14.9 Å². The molecule has 0 aliphatic carbocycles. The maximum Gasteiger partial charge on any atom is 0.121 e. The molecule has 0 aromatic heterocycles. The summed E-state index contributed by atoms with van der Waals surface area (Å²) in [6.45, 7) is 0. The summed E-state index contributed by atoms with van der Waals surface area (Å²) in [5, 5.41) is 19.6. The summed E-state index contributed by atoms with van der Waals surface area (Å²) in [6.07, 6.45) is 3.22. The summed E-state index contributed by atoms with van der Waals surface area (Å²) in [6, 6.07) is 14.2. The summed E-state index contributed by atoms with van der Waals surface area (Å²) >= 11 is 0. The van der Waals surface area contributed by atoms with Crippen molar-refractivity contribution in [2.45, 2.75) is 12.2 Å². The number of ether oxygens (including phenoxy) is 1. The van der Waals surface area contributed by atoms with Crippen LogP contribution in [0.15, 0.2) is 60.7 Å². The zero-order valence-corrected chi connectivity index (χ0v) is 10.2. The van der Waals surface area contributed by atoms with E-state index in [-0.39, 0.29) is 23.7 Å². The van der Waals surface area contributed by atoms with E-state index in [2.05, 4.69) is 0 Å². The van der Waals surface area contributed by atoms with Crippen molar-refractivity contribution in [3.63, 3.8) is 0 Å². The van der Waals surface area contributed by atoms with Crippen molar-refractivity contribution in [3.05, 3.63) is 71.8 Å². The minimum Gasteiger partial charge on any atom is -0.508 e. The van der Waals surface area contributed by atoms with E-state index in [0.29, 0.717) is 0 Å². The molecule has 3 rings (SSSR count). The molecule has 0 bridgehead atoms. The van der Waals surface area contributed by atoms with Gasteiger partial charge >= 0.3 is 0 Å². The molecule has 3 heteroatoms. The molecule has 1 aliphatic rings. The highest BCUT2D eigenvalue weighted by Crippen LogP contribution is 2.40. The number of rotatable bonds is 2. The Hall–Kier alpha value is -2.26. The van der Waals surface area contributed by atoms with Crippen molar-refractivity contribution in [2.24, 2.45) is 0 Å². The fourth-order valence-electron chi connectivity index (χ4n) is 2.26. The standard InChI is InChI=1S/C16H14O3/c17-13-7-3-1-5-11(13)15-9-10-16(19-15)12-6-2-4-8-14(12)18/h1-10,15-18H. The largest absolute Gasteiger partial charge is 0.508 e. The van der Waals surface area contributed by atoms with Crippen molar-refractivity contribution in [1.82, 2.24) is 0 Å². The van der Waals surface area contributed by atoms with E-state index in [1.807, 2.05) is 36.4 Å². The smallest absolute Gasteiger partial charge is 0.121 e. The van der Waals surface area contributed by atoms with Crippen LogP contribution < -0.4 is 0 Å². The average Bonchev–Trinajstić information content (AvgIpc) is 2.89. The van der Waals surface area contributed by atoms with E-state index in [0.717, 1.165) is 11.1 Å². The van der Waals surface area contributed by atoms with Gasteiger partial charge in [0.2, 0.25) is 0 Å². The Labute approximate surface area is 111 Å². The SMILES string of the molecule is Oc1ccccc1C1C=CC(c2ccccc2O)O1. The molecule has 19 heavy (non-hydrogen) atoms. The van der Waals surface area contributed by atoms with E-state index in [9.17, 15) is 10.2 Å². The topological polar surface area (TPSA) is 49.7 Å². The Bertz CT molecular complexity index is 565. The van der Waals surface area contributed by atoms with Gasteiger partial charge in [-0.05, 0) is 12.1 Å². The molecule has 2 aromatic carbocycles. The number of aromatic hydroxyl groups is 2. The molecule has 0 fully saturated rings. The maximum absolute atomic E-state index is 9.82. The second kappa shape index (κ2) is 4.78. The Morgan fingerprint density at radius 2 is 1.11 bits per heavy atom. The lowest BCUT2D eigenvalue weighted by atomic mass is 10.1. The minimum absolute atomic E-state index is 0.218. The third-order valence-electron chi connectivity index (χ3n) is 3.24.